The van der Waals surface area contributed by atoms with Crippen LogP contribution in [0.15, 0.2) is 47.2 Å². The number of fused-ring (bicyclic) bond motifs is 1. The van der Waals surface area contributed by atoms with Gasteiger partial charge in [-0.25, -0.2) is 9.97 Å². The molecule has 2 aliphatic heterocycles. The van der Waals surface area contributed by atoms with Crippen molar-refractivity contribution in [3.05, 3.63) is 69.7 Å². The molecule has 2 aromatic carbocycles. The summed E-state index contributed by atoms with van der Waals surface area (Å²) >= 11 is 3.54. The number of amides is 1. The van der Waals surface area contributed by atoms with E-state index < -0.39 is 0 Å². The smallest absolute Gasteiger partial charge is 0.256 e. The summed E-state index contributed by atoms with van der Waals surface area (Å²) in [7, 11) is 0. The number of nitrogens with zero attached hydrogens (tertiary/aromatic N) is 4. The van der Waals surface area contributed by atoms with Crippen molar-refractivity contribution < 1.29 is 4.79 Å². The number of halogens is 1. The van der Waals surface area contributed by atoms with Gasteiger partial charge in [0, 0.05) is 42.6 Å². The minimum atomic E-state index is -0.0587. The third-order valence-electron chi connectivity index (χ3n) is 7.07. The summed E-state index contributed by atoms with van der Waals surface area (Å²) in [6, 6.07) is 12.5. The molecule has 7 nitrogen and oxygen atoms in total. The number of nitrogens with one attached hydrogen (secondary N) is 2. The fourth-order valence-corrected chi connectivity index (χ4v) is 5.71. The Morgan fingerprint density at radius 3 is 2.76 bits per heavy atom. The first-order valence-electron chi connectivity index (χ1n) is 11.9. The molecule has 0 saturated heterocycles. The fourth-order valence-electron chi connectivity index (χ4n) is 5.27. The van der Waals surface area contributed by atoms with Crippen LogP contribution in [0.25, 0.3) is 22.4 Å². The Kier molecular flexibility index (Phi) is 5.30. The molecule has 2 aromatic heterocycles. The number of hydrogen-bond donors (Lipinski definition) is 2. The number of hydrogen-bond acceptors (Lipinski definition) is 4. The third kappa shape index (κ3) is 3.39. The number of H-pyrrole nitrogens is 1. The Bertz CT molecular complexity index is 1390. The number of imidazole rings is 2. The van der Waals surface area contributed by atoms with Crippen LogP contribution in [0.5, 0.6) is 0 Å². The second kappa shape index (κ2) is 8.36. The van der Waals surface area contributed by atoms with Gasteiger partial charge in [0.2, 0.25) is 0 Å². The van der Waals surface area contributed by atoms with Crippen molar-refractivity contribution in [1.82, 2.24) is 29.7 Å². The number of aromatic nitrogens is 4. The largest absolute Gasteiger partial charge is 0.344 e. The van der Waals surface area contributed by atoms with Crippen molar-refractivity contribution in [2.75, 3.05) is 19.6 Å². The third-order valence-corrected chi connectivity index (χ3v) is 7.71. The van der Waals surface area contributed by atoms with E-state index in [1.54, 1.807) is 6.33 Å². The quantitative estimate of drug-likeness (QED) is 0.413. The van der Waals surface area contributed by atoms with E-state index in [1.807, 2.05) is 17.0 Å². The van der Waals surface area contributed by atoms with Gasteiger partial charge in [0.15, 0.2) is 0 Å². The standard InChI is InChI=1S/C26H27BrN6O/c1-15(2)16-3-5-17(6-4-16)25-31-20-9-10-28-13-21-24(20)33(25)12-11-32(21)26(34)18-7-8-19(27)23-22(18)29-14-30-23/h3-8,14-15,21,28H,9-13H2,1-2H3,(H,29,30)/t21-/m1/s1. The van der Waals surface area contributed by atoms with Gasteiger partial charge in [0.25, 0.3) is 5.91 Å². The molecular weight excluding hydrogens is 492 g/mol. The summed E-state index contributed by atoms with van der Waals surface area (Å²) in [6.07, 6.45) is 2.50. The summed E-state index contributed by atoms with van der Waals surface area (Å²) < 4.78 is 3.22. The molecule has 0 fully saturated rings. The summed E-state index contributed by atoms with van der Waals surface area (Å²) in [6.45, 7) is 7.37. The molecule has 0 radical (unpaired) electrons. The lowest BCUT2D eigenvalue weighted by molar-refractivity contribution is 0.0627. The highest BCUT2D eigenvalue weighted by Crippen LogP contribution is 2.36. The lowest BCUT2D eigenvalue weighted by atomic mass is 10.0. The Hall–Kier alpha value is -2.97. The van der Waals surface area contributed by atoms with Crippen molar-refractivity contribution in [1.29, 1.82) is 0 Å². The lowest BCUT2D eigenvalue weighted by Gasteiger charge is -2.37. The number of carbonyl (C=O) groups excluding carboxylic acids is 1. The highest BCUT2D eigenvalue weighted by atomic mass is 79.9. The minimum Gasteiger partial charge on any atom is -0.344 e. The van der Waals surface area contributed by atoms with Gasteiger partial charge in [-0.2, -0.15) is 0 Å². The average Bonchev–Trinajstić information content (AvgIpc) is 3.42. The fraction of sp³-hybridized carbons (Fsp3) is 0.346. The second-order valence-electron chi connectivity index (χ2n) is 9.39. The highest BCUT2D eigenvalue weighted by Gasteiger charge is 2.37. The van der Waals surface area contributed by atoms with Crippen LogP contribution in [0.2, 0.25) is 0 Å². The van der Waals surface area contributed by atoms with E-state index in [9.17, 15) is 4.79 Å². The Morgan fingerprint density at radius 2 is 1.97 bits per heavy atom. The SMILES string of the molecule is CC(C)c1ccc(-c2nc3c4n2CCN(C(=O)c2ccc(Br)c5nc[nH]c25)[C@@H]4CNCC3)cc1. The number of benzene rings is 2. The van der Waals surface area contributed by atoms with Crippen LogP contribution in [-0.4, -0.2) is 50.0 Å². The van der Waals surface area contributed by atoms with Crippen LogP contribution in [0.1, 0.15) is 53.1 Å². The van der Waals surface area contributed by atoms with Crippen LogP contribution in [0, 0.1) is 0 Å². The summed E-state index contributed by atoms with van der Waals surface area (Å²) in [5, 5.41) is 3.52. The van der Waals surface area contributed by atoms with E-state index in [4.69, 9.17) is 4.98 Å². The van der Waals surface area contributed by atoms with E-state index in [1.165, 1.54) is 11.3 Å². The first-order chi connectivity index (χ1) is 16.5. The molecule has 0 spiro atoms. The van der Waals surface area contributed by atoms with Crippen molar-refractivity contribution in [2.24, 2.45) is 0 Å². The molecule has 0 aliphatic carbocycles. The highest BCUT2D eigenvalue weighted by molar-refractivity contribution is 9.10. The normalized spacial score (nSPS) is 17.8. The molecule has 2 aliphatic rings. The Labute approximate surface area is 206 Å². The van der Waals surface area contributed by atoms with Crippen LogP contribution in [-0.2, 0) is 13.0 Å². The number of carbonyl (C=O) groups is 1. The molecule has 174 valence electrons. The monoisotopic (exact) mass is 518 g/mol. The predicted octanol–water partition coefficient (Wildman–Crippen LogP) is 4.66. The molecule has 2 N–H and O–H groups in total. The molecule has 1 atom stereocenters. The zero-order valence-corrected chi connectivity index (χ0v) is 20.9. The van der Waals surface area contributed by atoms with E-state index >= 15 is 0 Å². The summed E-state index contributed by atoms with van der Waals surface area (Å²) in [5.41, 5.74) is 6.93. The molecule has 6 rings (SSSR count). The molecule has 0 unspecified atom stereocenters. The molecule has 34 heavy (non-hydrogen) atoms. The first-order valence-corrected chi connectivity index (χ1v) is 12.6. The van der Waals surface area contributed by atoms with Gasteiger partial charge in [0.05, 0.1) is 34.8 Å². The zero-order chi connectivity index (χ0) is 23.4. The molecule has 0 bridgehead atoms. The summed E-state index contributed by atoms with van der Waals surface area (Å²) in [4.78, 5) is 28.5. The van der Waals surface area contributed by atoms with Crippen LogP contribution in [0.3, 0.4) is 0 Å². The van der Waals surface area contributed by atoms with Crippen molar-refractivity contribution in [2.45, 2.75) is 38.8 Å². The van der Waals surface area contributed by atoms with Gasteiger partial charge in [-0.1, -0.05) is 38.1 Å². The van der Waals surface area contributed by atoms with Gasteiger partial charge in [0.1, 0.15) is 11.3 Å². The predicted molar refractivity (Wildman–Crippen MR) is 136 cm³/mol. The van der Waals surface area contributed by atoms with E-state index in [0.717, 1.165) is 58.6 Å². The van der Waals surface area contributed by atoms with Crippen LogP contribution >= 0.6 is 15.9 Å². The molecule has 1 amide bonds. The first kappa shape index (κ1) is 21.6. The van der Waals surface area contributed by atoms with Gasteiger partial charge >= 0.3 is 0 Å². The molecule has 4 heterocycles. The molecular formula is C26H27BrN6O. The average molecular weight is 519 g/mol. The van der Waals surface area contributed by atoms with Crippen LogP contribution in [0.4, 0.5) is 0 Å². The van der Waals surface area contributed by atoms with Crippen molar-refractivity contribution in [3.8, 4) is 11.4 Å². The second-order valence-corrected chi connectivity index (χ2v) is 10.2. The lowest BCUT2D eigenvalue weighted by Crippen LogP contribution is -2.45. The van der Waals surface area contributed by atoms with Gasteiger partial charge in [-0.15, -0.1) is 0 Å². The minimum absolute atomic E-state index is 0.0247. The van der Waals surface area contributed by atoms with Crippen molar-refractivity contribution >= 4 is 32.9 Å². The summed E-state index contributed by atoms with van der Waals surface area (Å²) in [5.74, 6) is 1.54. The molecule has 8 heteroatoms. The van der Waals surface area contributed by atoms with Gasteiger partial charge in [-0.05, 0) is 39.5 Å². The topological polar surface area (TPSA) is 78.8 Å². The Morgan fingerprint density at radius 1 is 1.15 bits per heavy atom. The van der Waals surface area contributed by atoms with E-state index in [-0.39, 0.29) is 11.9 Å². The zero-order valence-electron chi connectivity index (χ0n) is 19.3. The van der Waals surface area contributed by atoms with Crippen LogP contribution < -0.4 is 5.32 Å². The molecule has 0 saturated carbocycles. The van der Waals surface area contributed by atoms with E-state index in [0.29, 0.717) is 18.0 Å². The maximum atomic E-state index is 13.8. The molecule has 4 aromatic rings. The Balaban J connectivity index is 1.40. The van der Waals surface area contributed by atoms with Gasteiger partial charge < -0.3 is 19.8 Å². The van der Waals surface area contributed by atoms with E-state index in [2.05, 4.69) is 73.9 Å². The number of rotatable bonds is 3. The van der Waals surface area contributed by atoms with Gasteiger partial charge in [-0.3, -0.25) is 4.79 Å². The maximum absolute atomic E-state index is 13.8. The maximum Gasteiger partial charge on any atom is 0.256 e. The number of aromatic amines is 1. The van der Waals surface area contributed by atoms with Crippen molar-refractivity contribution in [3.63, 3.8) is 0 Å².